The Kier molecular flexibility index (Phi) is 6.37. The van der Waals surface area contributed by atoms with E-state index in [2.05, 4.69) is 30.8 Å². The summed E-state index contributed by atoms with van der Waals surface area (Å²) in [5.74, 6) is 1.000. The highest BCUT2D eigenvalue weighted by Crippen LogP contribution is 2.27. The number of ether oxygens (including phenoxy) is 1. The highest BCUT2D eigenvalue weighted by Gasteiger charge is 2.31. The van der Waals surface area contributed by atoms with Crippen molar-refractivity contribution in [2.24, 2.45) is 5.10 Å². The first-order valence-corrected chi connectivity index (χ1v) is 10.7. The van der Waals surface area contributed by atoms with Crippen molar-refractivity contribution in [1.29, 1.82) is 0 Å². The number of aryl methyl sites for hydroxylation is 1. The fraction of sp³-hybridized carbons (Fsp3) is 0.174. The predicted octanol–water partition coefficient (Wildman–Crippen LogP) is 6.15. The quantitative estimate of drug-likeness (QED) is 0.286. The Balaban J connectivity index is 1.62. The standard InChI is InChI=1S/C23H17BrF3N3O3/c1-2-3-21-29-19-10-6-15(24)12-18(19)22(31)30(21)28-13-17-9-11-20(32-17)14-4-7-16(8-5-14)33-23(25,26)27/h4-13H,2-3H2,1H3. The van der Waals surface area contributed by atoms with Gasteiger partial charge in [0.05, 0.1) is 17.1 Å². The third-order valence-electron chi connectivity index (χ3n) is 4.65. The molecule has 6 nitrogen and oxygen atoms in total. The van der Waals surface area contributed by atoms with Crippen molar-refractivity contribution in [2.45, 2.75) is 26.1 Å². The van der Waals surface area contributed by atoms with Crippen LogP contribution in [0.25, 0.3) is 22.2 Å². The summed E-state index contributed by atoms with van der Waals surface area (Å²) >= 11 is 3.37. The summed E-state index contributed by atoms with van der Waals surface area (Å²) in [5, 5.41) is 4.73. The number of alkyl halides is 3. The van der Waals surface area contributed by atoms with E-state index in [0.29, 0.717) is 40.2 Å². The molecule has 0 spiro atoms. The Labute approximate surface area is 194 Å². The van der Waals surface area contributed by atoms with Gasteiger partial charge in [-0.05, 0) is 61.0 Å². The molecule has 0 aliphatic rings. The third-order valence-corrected chi connectivity index (χ3v) is 5.14. The SMILES string of the molecule is CCCc1nc2ccc(Br)cc2c(=O)n1N=Cc1ccc(-c2ccc(OC(F)(F)F)cc2)o1. The number of rotatable bonds is 6. The molecule has 0 N–H and O–H groups in total. The zero-order chi connectivity index (χ0) is 23.6. The molecule has 0 amide bonds. The highest BCUT2D eigenvalue weighted by molar-refractivity contribution is 9.10. The lowest BCUT2D eigenvalue weighted by Gasteiger charge is -2.08. The first-order valence-electron chi connectivity index (χ1n) is 9.95. The van der Waals surface area contributed by atoms with Gasteiger partial charge in [-0.1, -0.05) is 22.9 Å². The van der Waals surface area contributed by atoms with Gasteiger partial charge in [-0.25, -0.2) is 4.98 Å². The fourth-order valence-electron chi connectivity index (χ4n) is 3.21. The smallest absolute Gasteiger partial charge is 0.455 e. The molecule has 2 aromatic carbocycles. The maximum atomic E-state index is 13.0. The molecule has 4 aromatic rings. The van der Waals surface area contributed by atoms with E-state index >= 15 is 0 Å². The first-order chi connectivity index (χ1) is 15.7. The number of hydrogen-bond donors (Lipinski definition) is 0. The van der Waals surface area contributed by atoms with E-state index in [9.17, 15) is 18.0 Å². The van der Waals surface area contributed by atoms with Crippen molar-refractivity contribution >= 4 is 33.0 Å². The summed E-state index contributed by atoms with van der Waals surface area (Å²) < 4.78 is 48.6. The fourth-order valence-corrected chi connectivity index (χ4v) is 3.57. The molecule has 0 saturated carbocycles. The van der Waals surface area contributed by atoms with Crippen molar-refractivity contribution < 1.29 is 22.3 Å². The minimum Gasteiger partial charge on any atom is -0.455 e. The summed E-state index contributed by atoms with van der Waals surface area (Å²) in [7, 11) is 0. The number of nitrogens with zero attached hydrogens (tertiary/aromatic N) is 3. The number of hydrogen-bond acceptors (Lipinski definition) is 5. The van der Waals surface area contributed by atoms with Gasteiger partial charge in [-0.3, -0.25) is 4.79 Å². The molecule has 0 radical (unpaired) electrons. The van der Waals surface area contributed by atoms with Crippen LogP contribution in [0.15, 0.2) is 73.4 Å². The van der Waals surface area contributed by atoms with E-state index in [1.165, 1.54) is 35.2 Å². The van der Waals surface area contributed by atoms with Gasteiger partial charge in [0.1, 0.15) is 23.1 Å². The van der Waals surface area contributed by atoms with Gasteiger partial charge in [0.25, 0.3) is 5.56 Å². The van der Waals surface area contributed by atoms with Gasteiger partial charge in [-0.2, -0.15) is 9.78 Å². The summed E-state index contributed by atoms with van der Waals surface area (Å²) in [6, 6.07) is 13.9. The third kappa shape index (κ3) is 5.33. The van der Waals surface area contributed by atoms with E-state index in [-0.39, 0.29) is 11.3 Å². The number of fused-ring (bicyclic) bond motifs is 1. The Morgan fingerprint density at radius 1 is 1.15 bits per heavy atom. The second-order valence-electron chi connectivity index (χ2n) is 7.08. The maximum absolute atomic E-state index is 13.0. The summed E-state index contributed by atoms with van der Waals surface area (Å²) in [6.45, 7) is 1.98. The van der Waals surface area contributed by atoms with Gasteiger partial charge < -0.3 is 9.15 Å². The number of halogens is 4. The Hall–Kier alpha value is -3.40. The molecule has 2 heterocycles. The van der Waals surface area contributed by atoms with Crippen LogP contribution in [-0.4, -0.2) is 22.2 Å². The summed E-state index contributed by atoms with van der Waals surface area (Å²) in [5.41, 5.74) is 0.856. The lowest BCUT2D eigenvalue weighted by Crippen LogP contribution is -2.22. The van der Waals surface area contributed by atoms with E-state index in [1.807, 2.05) is 13.0 Å². The van der Waals surface area contributed by atoms with Gasteiger partial charge in [-0.15, -0.1) is 13.2 Å². The molecule has 0 aliphatic heterocycles. The Morgan fingerprint density at radius 3 is 2.61 bits per heavy atom. The molecule has 4 rings (SSSR count). The van der Waals surface area contributed by atoms with E-state index < -0.39 is 6.36 Å². The molecule has 170 valence electrons. The van der Waals surface area contributed by atoms with Crippen molar-refractivity contribution in [3.63, 3.8) is 0 Å². The van der Waals surface area contributed by atoms with Crippen molar-refractivity contribution in [2.75, 3.05) is 0 Å². The van der Waals surface area contributed by atoms with Gasteiger partial charge in [0, 0.05) is 16.5 Å². The molecule has 0 fully saturated rings. The van der Waals surface area contributed by atoms with Gasteiger partial charge in [0.15, 0.2) is 0 Å². The lowest BCUT2D eigenvalue weighted by molar-refractivity contribution is -0.274. The molecule has 2 aromatic heterocycles. The second kappa shape index (κ2) is 9.22. The van der Waals surface area contributed by atoms with Crippen LogP contribution in [-0.2, 0) is 6.42 Å². The minimum absolute atomic E-state index is 0.298. The van der Waals surface area contributed by atoms with Crippen molar-refractivity contribution in [3.8, 4) is 17.1 Å². The molecular weight excluding hydrogens is 503 g/mol. The largest absolute Gasteiger partial charge is 0.573 e. The Bertz CT molecular complexity index is 1380. The molecule has 0 saturated heterocycles. The van der Waals surface area contributed by atoms with Gasteiger partial charge in [0.2, 0.25) is 0 Å². The molecule has 0 unspecified atom stereocenters. The van der Waals surface area contributed by atoms with E-state index in [0.717, 1.165) is 10.9 Å². The van der Waals surface area contributed by atoms with Crippen LogP contribution in [0.4, 0.5) is 13.2 Å². The van der Waals surface area contributed by atoms with Crippen LogP contribution in [0.1, 0.15) is 24.9 Å². The van der Waals surface area contributed by atoms with Crippen LogP contribution in [0.5, 0.6) is 5.75 Å². The molecular formula is C23H17BrF3N3O3. The zero-order valence-electron chi connectivity index (χ0n) is 17.3. The first kappa shape index (κ1) is 22.8. The topological polar surface area (TPSA) is 69.6 Å². The van der Waals surface area contributed by atoms with E-state index in [4.69, 9.17) is 4.42 Å². The zero-order valence-corrected chi connectivity index (χ0v) is 18.9. The van der Waals surface area contributed by atoms with Crippen molar-refractivity contribution in [3.05, 3.63) is 81.0 Å². The number of furan rings is 1. The van der Waals surface area contributed by atoms with E-state index in [1.54, 1.807) is 24.3 Å². The van der Waals surface area contributed by atoms with Crippen LogP contribution in [0, 0.1) is 0 Å². The van der Waals surface area contributed by atoms with Crippen molar-refractivity contribution in [1.82, 2.24) is 9.66 Å². The molecule has 33 heavy (non-hydrogen) atoms. The summed E-state index contributed by atoms with van der Waals surface area (Å²) in [6.07, 6.45) is -2.01. The lowest BCUT2D eigenvalue weighted by atomic mass is 10.2. The average Bonchev–Trinajstić information content (AvgIpc) is 3.23. The second-order valence-corrected chi connectivity index (χ2v) is 7.99. The van der Waals surface area contributed by atoms with Crippen LogP contribution in [0.2, 0.25) is 0 Å². The molecule has 0 aliphatic carbocycles. The predicted molar refractivity (Wildman–Crippen MR) is 122 cm³/mol. The maximum Gasteiger partial charge on any atom is 0.573 e. The summed E-state index contributed by atoms with van der Waals surface area (Å²) in [4.78, 5) is 17.6. The van der Waals surface area contributed by atoms with Crippen LogP contribution >= 0.6 is 15.9 Å². The monoisotopic (exact) mass is 519 g/mol. The highest BCUT2D eigenvalue weighted by atomic mass is 79.9. The van der Waals surface area contributed by atoms with Gasteiger partial charge >= 0.3 is 6.36 Å². The van der Waals surface area contributed by atoms with Crippen LogP contribution in [0.3, 0.4) is 0 Å². The Morgan fingerprint density at radius 2 is 1.91 bits per heavy atom. The molecule has 10 heteroatoms. The normalized spacial score (nSPS) is 12.0. The molecule has 0 bridgehead atoms. The number of aromatic nitrogens is 2. The molecule has 0 atom stereocenters. The minimum atomic E-state index is -4.75. The average molecular weight is 520 g/mol. The number of benzene rings is 2. The van der Waals surface area contributed by atoms with Crippen LogP contribution < -0.4 is 10.3 Å².